The van der Waals surface area contributed by atoms with Crippen LogP contribution in [0.5, 0.6) is 11.5 Å². The van der Waals surface area contributed by atoms with Gasteiger partial charge in [0, 0.05) is 12.6 Å². The molecule has 1 saturated heterocycles. The van der Waals surface area contributed by atoms with Gasteiger partial charge in [-0.1, -0.05) is 30.3 Å². The molecular weight excluding hydrogens is 608 g/mol. The molecule has 0 spiro atoms. The van der Waals surface area contributed by atoms with Crippen molar-refractivity contribution in [3.05, 3.63) is 87.2 Å². The van der Waals surface area contributed by atoms with Crippen molar-refractivity contribution in [1.82, 2.24) is 4.90 Å². The lowest BCUT2D eigenvalue weighted by Crippen LogP contribution is -2.27. The lowest BCUT2D eigenvalue weighted by atomic mass is 10.1. The Morgan fingerprint density at radius 1 is 1.08 bits per heavy atom. The molecule has 4 rings (SSSR count). The second-order valence-corrected chi connectivity index (χ2v) is 11.7. The van der Waals surface area contributed by atoms with Gasteiger partial charge in [-0.25, -0.2) is 0 Å². The van der Waals surface area contributed by atoms with Gasteiger partial charge in [-0.15, -0.1) is 0 Å². The molecule has 0 unspecified atom stereocenters. The molecule has 3 aromatic rings. The molecule has 0 aromatic heterocycles. The average molecular weight is 632 g/mol. The van der Waals surface area contributed by atoms with Crippen molar-refractivity contribution in [3.63, 3.8) is 0 Å². The van der Waals surface area contributed by atoms with Crippen molar-refractivity contribution in [2.24, 2.45) is 0 Å². The zero-order valence-corrected chi connectivity index (χ0v) is 24.1. The maximum atomic E-state index is 13.0. The van der Waals surface area contributed by atoms with Gasteiger partial charge >= 0.3 is 10.1 Å². The van der Waals surface area contributed by atoms with Gasteiger partial charge < -0.3 is 14.2 Å². The number of rotatable bonds is 9. The Morgan fingerprint density at radius 2 is 1.77 bits per heavy atom. The molecule has 9 nitrogen and oxygen atoms in total. The fourth-order valence-electron chi connectivity index (χ4n) is 3.63. The number of imide groups is 1. The van der Waals surface area contributed by atoms with Crippen molar-refractivity contribution >= 4 is 66.6 Å². The molecule has 1 fully saturated rings. The standard InChI is InChI=1S/C27H23BrN2O7S2/c1-3-36-23-14-19(15-24-26(32)30(27(33)38-24)16-18-7-5-4-6-8-18)13-22(28)25(23)37-39(34,35)21-11-9-20(10-12-21)29-17(2)31/h4-15H,3,16H2,1-2H3,(H,29,31)/b24-15-. The largest absolute Gasteiger partial charge is 0.490 e. The van der Waals surface area contributed by atoms with Crippen LogP contribution in [0, 0.1) is 0 Å². The molecule has 12 heteroatoms. The Balaban J connectivity index is 1.59. The van der Waals surface area contributed by atoms with Gasteiger partial charge in [0.05, 0.1) is 22.5 Å². The summed E-state index contributed by atoms with van der Waals surface area (Å²) in [6.07, 6.45) is 1.54. The molecule has 3 aromatic carbocycles. The average Bonchev–Trinajstić information content (AvgIpc) is 3.14. The predicted octanol–water partition coefficient (Wildman–Crippen LogP) is 5.81. The Bertz CT molecular complexity index is 1560. The first-order valence-electron chi connectivity index (χ1n) is 11.6. The molecule has 3 amide bonds. The lowest BCUT2D eigenvalue weighted by Gasteiger charge is -2.15. The van der Waals surface area contributed by atoms with Gasteiger partial charge in [-0.3, -0.25) is 19.3 Å². The van der Waals surface area contributed by atoms with E-state index in [9.17, 15) is 22.8 Å². The summed E-state index contributed by atoms with van der Waals surface area (Å²) in [5.74, 6) is -0.654. The van der Waals surface area contributed by atoms with E-state index in [1.165, 1.54) is 42.2 Å². The zero-order valence-electron chi connectivity index (χ0n) is 20.8. The van der Waals surface area contributed by atoms with E-state index >= 15 is 0 Å². The van der Waals surface area contributed by atoms with Gasteiger partial charge in [0.2, 0.25) is 5.91 Å². The number of amides is 3. The molecule has 1 N–H and O–H groups in total. The molecule has 0 radical (unpaired) electrons. The highest BCUT2D eigenvalue weighted by Gasteiger charge is 2.35. The first-order valence-corrected chi connectivity index (χ1v) is 14.7. The Kier molecular flexibility index (Phi) is 8.78. The van der Waals surface area contributed by atoms with Gasteiger partial charge in [0.25, 0.3) is 11.1 Å². The number of hydrogen-bond acceptors (Lipinski definition) is 8. The number of anilines is 1. The fraction of sp³-hybridized carbons (Fsp3) is 0.148. The van der Waals surface area contributed by atoms with Crippen LogP contribution in [0.15, 0.2) is 81.0 Å². The Hall–Kier alpha value is -3.61. The van der Waals surface area contributed by atoms with Crippen LogP contribution < -0.4 is 14.2 Å². The minimum Gasteiger partial charge on any atom is -0.490 e. The van der Waals surface area contributed by atoms with Crippen LogP contribution in [0.1, 0.15) is 25.0 Å². The third-order valence-corrected chi connectivity index (χ3v) is 8.07. The summed E-state index contributed by atoms with van der Waals surface area (Å²) in [5, 5.41) is 2.19. The third kappa shape index (κ3) is 6.88. The van der Waals surface area contributed by atoms with Gasteiger partial charge in [-0.2, -0.15) is 8.42 Å². The number of ether oxygens (including phenoxy) is 1. The van der Waals surface area contributed by atoms with Crippen molar-refractivity contribution in [2.75, 3.05) is 11.9 Å². The highest BCUT2D eigenvalue weighted by molar-refractivity contribution is 9.10. The van der Waals surface area contributed by atoms with Crippen molar-refractivity contribution in [3.8, 4) is 11.5 Å². The minimum atomic E-state index is -4.26. The van der Waals surface area contributed by atoms with E-state index in [2.05, 4.69) is 21.2 Å². The quantitative estimate of drug-likeness (QED) is 0.232. The maximum absolute atomic E-state index is 13.0. The van der Waals surface area contributed by atoms with Crippen LogP contribution in [-0.2, 0) is 26.3 Å². The first-order chi connectivity index (χ1) is 18.6. The highest BCUT2D eigenvalue weighted by atomic mass is 79.9. The van der Waals surface area contributed by atoms with Crippen LogP contribution >= 0.6 is 27.7 Å². The zero-order chi connectivity index (χ0) is 28.2. The van der Waals surface area contributed by atoms with E-state index < -0.39 is 16.0 Å². The number of nitrogens with one attached hydrogen (secondary N) is 1. The van der Waals surface area contributed by atoms with Crippen LogP contribution in [0.4, 0.5) is 10.5 Å². The molecule has 0 saturated carbocycles. The molecule has 0 atom stereocenters. The number of hydrogen-bond donors (Lipinski definition) is 1. The van der Waals surface area contributed by atoms with Crippen LogP contribution in [0.2, 0.25) is 0 Å². The summed E-state index contributed by atoms with van der Waals surface area (Å²) in [6, 6.07) is 17.8. The molecule has 39 heavy (non-hydrogen) atoms. The molecule has 0 bridgehead atoms. The lowest BCUT2D eigenvalue weighted by molar-refractivity contribution is -0.123. The minimum absolute atomic E-state index is 0.0721. The van der Waals surface area contributed by atoms with Gasteiger partial charge in [0.15, 0.2) is 11.5 Å². The van der Waals surface area contributed by atoms with E-state index in [0.29, 0.717) is 11.3 Å². The summed E-state index contributed by atoms with van der Waals surface area (Å²) in [7, 11) is -4.26. The maximum Gasteiger partial charge on any atom is 0.339 e. The summed E-state index contributed by atoms with van der Waals surface area (Å²) >= 11 is 4.18. The summed E-state index contributed by atoms with van der Waals surface area (Å²) in [6.45, 7) is 3.45. The molecule has 1 aliphatic heterocycles. The second kappa shape index (κ2) is 12.1. The van der Waals surface area contributed by atoms with E-state index in [1.807, 2.05) is 30.3 Å². The van der Waals surface area contributed by atoms with Crippen molar-refractivity contribution in [1.29, 1.82) is 0 Å². The van der Waals surface area contributed by atoms with Crippen molar-refractivity contribution in [2.45, 2.75) is 25.3 Å². The van der Waals surface area contributed by atoms with Gasteiger partial charge in [-0.05, 0) is 88.2 Å². The number of carbonyl (C=O) groups is 3. The highest BCUT2D eigenvalue weighted by Crippen LogP contribution is 2.41. The van der Waals surface area contributed by atoms with E-state index in [-0.39, 0.29) is 50.1 Å². The van der Waals surface area contributed by atoms with Crippen molar-refractivity contribution < 1.29 is 31.7 Å². The topological polar surface area (TPSA) is 119 Å². The number of carbonyl (C=O) groups excluding carboxylic acids is 3. The summed E-state index contributed by atoms with van der Waals surface area (Å²) in [5.41, 5.74) is 1.77. The number of thioether (sulfide) groups is 1. The number of benzene rings is 3. The van der Waals surface area contributed by atoms with E-state index in [1.54, 1.807) is 19.1 Å². The first kappa shape index (κ1) is 28.4. The van der Waals surface area contributed by atoms with Crippen LogP contribution in [0.25, 0.3) is 6.08 Å². The SMILES string of the molecule is CCOc1cc(/C=C2\SC(=O)N(Cc3ccccc3)C2=O)cc(Br)c1OS(=O)(=O)c1ccc(NC(C)=O)cc1. The third-order valence-electron chi connectivity index (χ3n) is 5.34. The van der Waals surface area contributed by atoms with Gasteiger partial charge in [0.1, 0.15) is 4.90 Å². The van der Waals surface area contributed by atoms with Crippen LogP contribution in [0.3, 0.4) is 0 Å². The predicted molar refractivity (Wildman–Crippen MR) is 152 cm³/mol. The second-order valence-electron chi connectivity index (χ2n) is 8.26. The number of halogens is 1. The van der Waals surface area contributed by atoms with E-state index in [4.69, 9.17) is 8.92 Å². The monoisotopic (exact) mass is 630 g/mol. The van der Waals surface area contributed by atoms with E-state index in [0.717, 1.165) is 17.3 Å². The Labute approximate surface area is 238 Å². The number of nitrogens with zero attached hydrogens (tertiary/aromatic N) is 1. The molecule has 0 aliphatic carbocycles. The fourth-order valence-corrected chi connectivity index (χ4v) is 6.08. The summed E-state index contributed by atoms with van der Waals surface area (Å²) < 4.78 is 37.3. The molecule has 1 aliphatic rings. The Morgan fingerprint density at radius 3 is 2.41 bits per heavy atom. The molecule has 202 valence electrons. The van der Waals surface area contributed by atoms with Crippen LogP contribution in [-0.4, -0.2) is 37.0 Å². The molecular formula is C27H23BrN2O7S2. The molecule has 1 heterocycles. The summed E-state index contributed by atoms with van der Waals surface area (Å²) in [4.78, 5) is 38.0. The smallest absolute Gasteiger partial charge is 0.339 e. The normalized spacial score (nSPS) is 14.5.